The predicted molar refractivity (Wildman–Crippen MR) is 153 cm³/mol. The fraction of sp³-hybridized carbons (Fsp3) is 0.677. The largest absolute Gasteiger partial charge is 0.468 e. The average Bonchev–Trinajstić information content (AvgIpc) is 2.92. The third kappa shape index (κ3) is 13.9. The van der Waals surface area contributed by atoms with Gasteiger partial charge >= 0.3 is 23.9 Å². The van der Waals surface area contributed by atoms with E-state index in [1.807, 2.05) is 20.8 Å². The van der Waals surface area contributed by atoms with E-state index >= 15 is 0 Å². The van der Waals surface area contributed by atoms with Crippen molar-refractivity contribution in [2.45, 2.75) is 117 Å². The van der Waals surface area contributed by atoms with Gasteiger partial charge in [-0.25, -0.2) is 0 Å². The van der Waals surface area contributed by atoms with Crippen LogP contribution < -0.4 is 14.8 Å². The van der Waals surface area contributed by atoms with Crippen LogP contribution in [0.15, 0.2) is 18.2 Å². The molecule has 40 heavy (non-hydrogen) atoms. The van der Waals surface area contributed by atoms with Crippen molar-refractivity contribution < 1.29 is 38.1 Å². The number of esters is 4. The Hall–Kier alpha value is -2.94. The number of benzene rings is 1. The molecule has 0 aliphatic rings. The van der Waals surface area contributed by atoms with Gasteiger partial charge in [0, 0.05) is 19.4 Å². The highest BCUT2D eigenvalue weighted by molar-refractivity contribution is 5.77. The summed E-state index contributed by atoms with van der Waals surface area (Å²) in [6.45, 7) is 9.96. The normalized spacial score (nSPS) is 13.2. The van der Waals surface area contributed by atoms with Crippen molar-refractivity contribution in [3.05, 3.63) is 23.8 Å². The van der Waals surface area contributed by atoms with E-state index in [0.717, 1.165) is 44.9 Å². The van der Waals surface area contributed by atoms with Gasteiger partial charge in [-0.05, 0) is 50.3 Å². The van der Waals surface area contributed by atoms with Gasteiger partial charge in [0.05, 0.1) is 13.0 Å². The Labute approximate surface area is 239 Å². The van der Waals surface area contributed by atoms with E-state index in [0.29, 0.717) is 12.0 Å². The number of rotatable bonds is 20. The average molecular weight is 564 g/mol. The predicted octanol–water partition coefficient (Wildman–Crippen LogP) is 5.70. The lowest BCUT2D eigenvalue weighted by atomic mass is 10.0. The van der Waals surface area contributed by atoms with E-state index in [9.17, 15) is 19.2 Å². The summed E-state index contributed by atoms with van der Waals surface area (Å²) in [6.07, 6.45) is 7.13. The lowest BCUT2D eigenvalue weighted by Gasteiger charge is -2.21. The molecule has 1 aromatic rings. The van der Waals surface area contributed by atoms with Crippen molar-refractivity contribution in [2.24, 2.45) is 5.92 Å². The van der Waals surface area contributed by atoms with E-state index in [1.54, 1.807) is 25.1 Å². The number of hydrogen-bond acceptors (Lipinski definition) is 9. The molecule has 0 spiro atoms. The summed E-state index contributed by atoms with van der Waals surface area (Å²) in [5.74, 6) is -1.44. The molecule has 0 saturated heterocycles. The maximum atomic E-state index is 12.5. The SMILES string of the molecule is CCCCCC(=O)Oc1ccc(C[C@H](NCC(C)OC(=O)C(C)CCC)C(=O)OC)cc1OC(=O)CCCCC. The van der Waals surface area contributed by atoms with Crippen molar-refractivity contribution >= 4 is 23.9 Å². The maximum absolute atomic E-state index is 12.5. The summed E-state index contributed by atoms with van der Waals surface area (Å²) in [7, 11) is 1.30. The van der Waals surface area contributed by atoms with E-state index in [1.165, 1.54) is 7.11 Å². The molecular formula is C31H49NO8. The third-order valence-electron chi connectivity index (χ3n) is 6.44. The molecule has 0 heterocycles. The van der Waals surface area contributed by atoms with Gasteiger partial charge in [-0.3, -0.25) is 19.2 Å². The first-order chi connectivity index (χ1) is 19.1. The molecule has 0 fully saturated rings. The van der Waals surface area contributed by atoms with Gasteiger partial charge < -0.3 is 24.3 Å². The second-order valence-electron chi connectivity index (χ2n) is 10.3. The van der Waals surface area contributed by atoms with Gasteiger partial charge in [-0.15, -0.1) is 0 Å². The molecule has 1 N–H and O–H groups in total. The van der Waals surface area contributed by atoms with Gasteiger partial charge in [-0.2, -0.15) is 0 Å². The summed E-state index contributed by atoms with van der Waals surface area (Å²) in [5, 5.41) is 3.12. The highest BCUT2D eigenvalue weighted by atomic mass is 16.6. The van der Waals surface area contributed by atoms with Gasteiger partial charge in [0.2, 0.25) is 0 Å². The first-order valence-electron chi connectivity index (χ1n) is 14.7. The number of carbonyl (C=O) groups is 4. The highest BCUT2D eigenvalue weighted by Crippen LogP contribution is 2.30. The quantitative estimate of drug-likeness (QED) is 0.121. The van der Waals surface area contributed by atoms with Crippen LogP contribution in [0, 0.1) is 5.92 Å². The van der Waals surface area contributed by atoms with Crippen LogP contribution >= 0.6 is 0 Å². The number of nitrogens with one attached hydrogen (secondary N) is 1. The first kappa shape index (κ1) is 35.1. The number of methoxy groups -OCH3 is 1. The topological polar surface area (TPSA) is 117 Å². The molecule has 1 rings (SSSR count). The fourth-order valence-corrected chi connectivity index (χ4v) is 4.06. The zero-order valence-corrected chi connectivity index (χ0v) is 25.2. The number of ether oxygens (including phenoxy) is 4. The van der Waals surface area contributed by atoms with Crippen molar-refractivity contribution in [1.82, 2.24) is 5.32 Å². The molecule has 9 nitrogen and oxygen atoms in total. The summed E-state index contributed by atoms with van der Waals surface area (Å²) in [4.78, 5) is 49.6. The van der Waals surface area contributed by atoms with Crippen LogP contribution in [0.1, 0.15) is 104 Å². The second-order valence-corrected chi connectivity index (χ2v) is 10.3. The molecule has 1 aromatic carbocycles. The van der Waals surface area contributed by atoms with Crippen molar-refractivity contribution in [2.75, 3.05) is 13.7 Å². The smallest absolute Gasteiger partial charge is 0.323 e. The van der Waals surface area contributed by atoms with Crippen LogP contribution in [0.2, 0.25) is 0 Å². The fourth-order valence-electron chi connectivity index (χ4n) is 4.06. The van der Waals surface area contributed by atoms with Crippen molar-refractivity contribution in [3.63, 3.8) is 0 Å². The lowest BCUT2D eigenvalue weighted by Crippen LogP contribution is -2.43. The van der Waals surface area contributed by atoms with Gasteiger partial charge in [-0.1, -0.05) is 65.9 Å². The Bertz CT molecular complexity index is 932. The molecule has 3 atom stereocenters. The van der Waals surface area contributed by atoms with Crippen LogP contribution in [-0.4, -0.2) is 49.7 Å². The zero-order valence-electron chi connectivity index (χ0n) is 25.2. The van der Waals surface area contributed by atoms with Gasteiger partial charge in [0.1, 0.15) is 12.1 Å². The first-order valence-corrected chi connectivity index (χ1v) is 14.7. The van der Waals surface area contributed by atoms with E-state index in [4.69, 9.17) is 18.9 Å². The van der Waals surface area contributed by atoms with Crippen LogP contribution in [0.25, 0.3) is 0 Å². The molecule has 0 amide bonds. The minimum Gasteiger partial charge on any atom is -0.468 e. The molecule has 0 radical (unpaired) electrons. The minimum atomic E-state index is -0.741. The molecular weight excluding hydrogens is 514 g/mol. The van der Waals surface area contributed by atoms with Crippen LogP contribution in [0.5, 0.6) is 11.5 Å². The Morgan fingerprint density at radius 2 is 1.40 bits per heavy atom. The summed E-state index contributed by atoms with van der Waals surface area (Å²) < 4.78 is 21.6. The molecule has 0 saturated carbocycles. The van der Waals surface area contributed by atoms with Gasteiger partial charge in [0.25, 0.3) is 0 Å². The monoisotopic (exact) mass is 563 g/mol. The minimum absolute atomic E-state index is 0.138. The van der Waals surface area contributed by atoms with E-state index < -0.39 is 30.1 Å². The van der Waals surface area contributed by atoms with Crippen molar-refractivity contribution in [1.29, 1.82) is 0 Å². The molecule has 226 valence electrons. The summed E-state index contributed by atoms with van der Waals surface area (Å²) >= 11 is 0. The highest BCUT2D eigenvalue weighted by Gasteiger charge is 2.23. The number of unbranched alkanes of at least 4 members (excludes halogenated alkanes) is 4. The molecule has 0 bridgehead atoms. The van der Waals surface area contributed by atoms with Crippen LogP contribution in [0.3, 0.4) is 0 Å². The Morgan fingerprint density at radius 3 is 1.95 bits per heavy atom. The van der Waals surface area contributed by atoms with Gasteiger partial charge in [0.15, 0.2) is 11.5 Å². The number of carbonyl (C=O) groups excluding carboxylic acids is 4. The molecule has 0 aliphatic heterocycles. The Balaban J connectivity index is 3.01. The molecule has 2 unspecified atom stereocenters. The van der Waals surface area contributed by atoms with Crippen molar-refractivity contribution in [3.8, 4) is 11.5 Å². The van der Waals surface area contributed by atoms with Crippen LogP contribution in [0.4, 0.5) is 0 Å². The summed E-state index contributed by atoms with van der Waals surface area (Å²) in [5.41, 5.74) is 0.672. The second kappa shape index (κ2) is 20.0. The maximum Gasteiger partial charge on any atom is 0.323 e. The number of hydrogen-bond donors (Lipinski definition) is 1. The standard InChI is InChI=1S/C31H49NO8/c1-7-10-12-15-28(33)39-26-18-17-24(20-27(26)40-29(34)16-13-11-8-2)19-25(31(36)37-6)32-21-23(5)38-30(35)22(4)14-9-3/h17-18,20,22-23,25,32H,7-16,19,21H2,1-6H3/t22?,23?,25-/m0/s1. The Kier molecular flexibility index (Phi) is 17.6. The molecule has 9 heteroatoms. The third-order valence-corrected chi connectivity index (χ3v) is 6.44. The molecule has 0 aliphatic carbocycles. The zero-order chi connectivity index (χ0) is 29.9. The summed E-state index contributed by atoms with van der Waals surface area (Å²) in [6, 6.07) is 4.17. The Morgan fingerprint density at radius 1 is 0.800 bits per heavy atom. The lowest BCUT2D eigenvalue weighted by molar-refractivity contribution is -0.152. The van der Waals surface area contributed by atoms with Crippen LogP contribution in [-0.2, 0) is 35.1 Å². The van der Waals surface area contributed by atoms with E-state index in [2.05, 4.69) is 12.2 Å². The van der Waals surface area contributed by atoms with E-state index in [-0.39, 0.29) is 49.2 Å². The molecule has 0 aromatic heterocycles.